The molecule has 1 aliphatic rings. The van der Waals surface area contributed by atoms with E-state index in [2.05, 4.69) is 14.9 Å². The highest BCUT2D eigenvalue weighted by atomic mass is 16.5. The number of aromatic nitrogens is 3. The zero-order valence-electron chi connectivity index (χ0n) is 16.0. The maximum absolute atomic E-state index is 11.4. The second-order valence-corrected chi connectivity index (χ2v) is 6.92. The van der Waals surface area contributed by atoms with Crippen LogP contribution in [0, 0.1) is 0 Å². The first-order valence-corrected chi connectivity index (χ1v) is 9.30. The number of amides is 1. The van der Waals surface area contributed by atoms with Crippen molar-refractivity contribution >= 4 is 22.9 Å². The largest absolute Gasteiger partial charge is 0.464 e. The molecule has 0 saturated carbocycles. The van der Waals surface area contributed by atoms with Crippen LogP contribution in [0.1, 0.15) is 12.6 Å². The summed E-state index contributed by atoms with van der Waals surface area (Å²) in [5, 5.41) is 9.94. The summed E-state index contributed by atoms with van der Waals surface area (Å²) >= 11 is 0. The molecule has 0 radical (unpaired) electrons. The van der Waals surface area contributed by atoms with Crippen molar-refractivity contribution in [3.8, 4) is 11.6 Å². The van der Waals surface area contributed by atoms with Crippen molar-refractivity contribution in [2.45, 2.75) is 13.5 Å². The van der Waals surface area contributed by atoms with E-state index in [4.69, 9.17) is 4.74 Å². The molecule has 0 spiro atoms. The first-order valence-electron chi connectivity index (χ1n) is 9.30. The van der Waals surface area contributed by atoms with Gasteiger partial charge in [-0.1, -0.05) is 0 Å². The zero-order valence-corrected chi connectivity index (χ0v) is 16.0. The number of carbonyl (C=O) groups is 2. The average Bonchev–Trinajstić information content (AvgIpc) is 3.12. The van der Waals surface area contributed by atoms with E-state index < -0.39 is 6.09 Å². The minimum Gasteiger partial charge on any atom is -0.464 e. The van der Waals surface area contributed by atoms with Gasteiger partial charge in [0.1, 0.15) is 12.1 Å². The molecular formula is C20H21N5O4. The maximum atomic E-state index is 11.4. The molecule has 0 unspecified atom stereocenters. The minimum absolute atomic E-state index is 0.109. The second-order valence-electron chi connectivity index (χ2n) is 6.92. The second kappa shape index (κ2) is 7.88. The number of carboxylic acid groups (broad SMARTS) is 1. The Morgan fingerprint density at radius 1 is 1.10 bits per heavy atom. The lowest BCUT2D eigenvalue weighted by Crippen LogP contribution is -2.47. The fraction of sp³-hybridized carbons (Fsp3) is 0.300. The van der Waals surface area contributed by atoms with Crippen molar-refractivity contribution in [3.05, 3.63) is 48.5 Å². The van der Waals surface area contributed by atoms with Crippen molar-refractivity contribution in [2.75, 3.05) is 26.2 Å². The van der Waals surface area contributed by atoms with E-state index >= 15 is 0 Å². The van der Waals surface area contributed by atoms with E-state index in [0.29, 0.717) is 23.7 Å². The van der Waals surface area contributed by atoms with Crippen LogP contribution < -0.4 is 4.74 Å². The summed E-state index contributed by atoms with van der Waals surface area (Å²) in [6.07, 6.45) is 1.94. The van der Waals surface area contributed by atoms with Gasteiger partial charge in [0.05, 0.1) is 11.2 Å². The summed E-state index contributed by atoms with van der Waals surface area (Å²) in [5.41, 5.74) is 1.43. The van der Waals surface area contributed by atoms with Gasteiger partial charge in [0.2, 0.25) is 11.8 Å². The number of nitrogens with zero attached hydrogens (tertiary/aromatic N) is 5. The number of ether oxygens (including phenoxy) is 1. The number of benzene rings is 1. The number of fused-ring (bicyclic) bond motifs is 1. The normalized spacial score (nSPS) is 14.9. The molecule has 29 heavy (non-hydrogen) atoms. The molecule has 9 nitrogen and oxygen atoms in total. The molecule has 2 aromatic heterocycles. The van der Waals surface area contributed by atoms with Crippen molar-refractivity contribution in [2.24, 2.45) is 0 Å². The summed E-state index contributed by atoms with van der Waals surface area (Å²) in [4.78, 5) is 35.2. The number of hydrogen-bond acceptors (Lipinski definition) is 6. The molecule has 1 amide bonds. The van der Waals surface area contributed by atoms with Gasteiger partial charge in [-0.25, -0.2) is 14.8 Å². The smallest absolute Gasteiger partial charge is 0.415 e. The summed E-state index contributed by atoms with van der Waals surface area (Å²) < 4.78 is 7.02. The van der Waals surface area contributed by atoms with E-state index in [1.54, 1.807) is 37.3 Å². The lowest BCUT2D eigenvalue weighted by molar-refractivity contribution is -0.130. The van der Waals surface area contributed by atoms with Gasteiger partial charge in [-0.05, 0) is 24.3 Å². The monoisotopic (exact) mass is 395 g/mol. The van der Waals surface area contributed by atoms with Crippen LogP contribution in [0.15, 0.2) is 42.9 Å². The van der Waals surface area contributed by atoms with Gasteiger partial charge in [0.15, 0.2) is 0 Å². The quantitative estimate of drug-likeness (QED) is 0.724. The molecule has 0 atom stereocenters. The molecule has 1 aliphatic heterocycles. The Hall–Kier alpha value is -3.46. The molecular weight excluding hydrogens is 374 g/mol. The topological polar surface area (TPSA) is 101 Å². The summed E-state index contributed by atoms with van der Waals surface area (Å²) in [7, 11) is 0. The van der Waals surface area contributed by atoms with Crippen molar-refractivity contribution in [1.82, 2.24) is 24.3 Å². The highest BCUT2D eigenvalue weighted by molar-refractivity contribution is 5.89. The lowest BCUT2D eigenvalue weighted by atomic mass is 10.2. The number of piperazine rings is 1. The van der Waals surface area contributed by atoms with Crippen LogP contribution >= 0.6 is 0 Å². The predicted octanol–water partition coefficient (Wildman–Crippen LogP) is 2.41. The third kappa shape index (κ3) is 4.19. The molecule has 1 aromatic carbocycles. The van der Waals surface area contributed by atoms with Crippen LogP contribution in [0.4, 0.5) is 4.79 Å². The van der Waals surface area contributed by atoms with E-state index in [1.165, 1.54) is 12.5 Å². The number of rotatable bonds is 4. The molecule has 1 fully saturated rings. The van der Waals surface area contributed by atoms with Crippen LogP contribution in [-0.4, -0.2) is 67.6 Å². The molecule has 1 N–H and O–H groups in total. The summed E-state index contributed by atoms with van der Waals surface area (Å²) in [6.45, 7) is 5.30. The highest BCUT2D eigenvalue weighted by Crippen LogP contribution is 2.25. The van der Waals surface area contributed by atoms with E-state index in [0.717, 1.165) is 41.8 Å². The number of hydrogen-bond donors (Lipinski definition) is 1. The first-order chi connectivity index (χ1) is 14.0. The van der Waals surface area contributed by atoms with Crippen molar-refractivity contribution in [1.29, 1.82) is 0 Å². The van der Waals surface area contributed by atoms with Gasteiger partial charge >= 0.3 is 6.09 Å². The Kier molecular flexibility index (Phi) is 5.13. The fourth-order valence-corrected chi connectivity index (χ4v) is 3.44. The van der Waals surface area contributed by atoms with Crippen LogP contribution in [-0.2, 0) is 11.3 Å². The van der Waals surface area contributed by atoms with Gasteiger partial charge in [-0.2, -0.15) is 0 Å². The summed E-state index contributed by atoms with van der Waals surface area (Å²) in [6, 6.07) is 8.71. The first kappa shape index (κ1) is 18.9. The Morgan fingerprint density at radius 2 is 1.90 bits per heavy atom. The molecule has 3 aromatic rings. The maximum Gasteiger partial charge on any atom is 0.415 e. The van der Waals surface area contributed by atoms with Crippen LogP contribution in [0.25, 0.3) is 10.9 Å². The molecule has 0 aliphatic carbocycles. The average molecular weight is 395 g/mol. The third-order valence-electron chi connectivity index (χ3n) is 4.99. The van der Waals surface area contributed by atoms with Gasteiger partial charge in [0.25, 0.3) is 0 Å². The standard InChI is InChI=1S/C20H21N5O4/c1-14(26)24-8-6-23(7-9-24)12-16-11-19(22-13-21-16)29-17-2-3-18-15(10-17)4-5-25(18)20(27)28/h2-5,10-11,13H,6-9,12H2,1H3,(H,27,28). The van der Waals surface area contributed by atoms with Crippen molar-refractivity contribution < 1.29 is 19.4 Å². The van der Waals surface area contributed by atoms with Gasteiger partial charge < -0.3 is 14.7 Å². The Morgan fingerprint density at radius 3 is 2.62 bits per heavy atom. The van der Waals surface area contributed by atoms with Crippen LogP contribution in [0.2, 0.25) is 0 Å². The van der Waals surface area contributed by atoms with E-state index in [-0.39, 0.29) is 5.91 Å². The van der Waals surface area contributed by atoms with Crippen LogP contribution in [0.3, 0.4) is 0 Å². The minimum atomic E-state index is -1.03. The summed E-state index contributed by atoms with van der Waals surface area (Å²) in [5.74, 6) is 1.10. The van der Waals surface area contributed by atoms with Gasteiger partial charge in [-0.15, -0.1) is 0 Å². The zero-order chi connectivity index (χ0) is 20.4. The van der Waals surface area contributed by atoms with Crippen molar-refractivity contribution in [3.63, 3.8) is 0 Å². The molecule has 4 rings (SSSR count). The Bertz CT molecular complexity index is 1060. The lowest BCUT2D eigenvalue weighted by Gasteiger charge is -2.33. The SMILES string of the molecule is CC(=O)N1CCN(Cc2cc(Oc3ccc4c(ccn4C(=O)O)c3)ncn2)CC1. The third-order valence-corrected chi connectivity index (χ3v) is 4.99. The fourth-order valence-electron chi connectivity index (χ4n) is 3.44. The predicted molar refractivity (Wildman–Crippen MR) is 105 cm³/mol. The number of carbonyl (C=O) groups excluding carboxylic acids is 1. The van der Waals surface area contributed by atoms with Crippen LogP contribution in [0.5, 0.6) is 11.6 Å². The Labute approximate surface area is 167 Å². The molecule has 1 saturated heterocycles. The molecule has 9 heteroatoms. The van der Waals surface area contributed by atoms with E-state index in [1.807, 2.05) is 4.90 Å². The molecule has 150 valence electrons. The highest BCUT2D eigenvalue weighted by Gasteiger charge is 2.19. The van der Waals surface area contributed by atoms with Gasteiger partial charge in [0, 0.05) is 57.3 Å². The van der Waals surface area contributed by atoms with Gasteiger partial charge in [-0.3, -0.25) is 14.3 Å². The van der Waals surface area contributed by atoms with E-state index in [9.17, 15) is 14.7 Å². The Balaban J connectivity index is 1.43. The molecule has 0 bridgehead atoms. The molecule has 3 heterocycles.